The molecule has 0 atom stereocenters. The Bertz CT molecular complexity index is 866. The van der Waals surface area contributed by atoms with E-state index in [4.69, 9.17) is 23.2 Å². The number of aromatic nitrogens is 2. The molecule has 6 heteroatoms. The number of hydrogen-bond acceptors (Lipinski definition) is 2. The Morgan fingerprint density at radius 3 is 2.52 bits per heavy atom. The van der Waals surface area contributed by atoms with Gasteiger partial charge in [0.2, 0.25) is 0 Å². The second-order valence-electron chi connectivity index (χ2n) is 4.55. The minimum Gasteiger partial charge on any atom is -0.225 e. The maximum atomic E-state index is 13.9. The average Bonchev–Trinajstić information content (AvgIpc) is 2.45. The number of rotatable bonds is 1. The van der Waals surface area contributed by atoms with Crippen LogP contribution in [0.5, 0.6) is 0 Å². The van der Waals surface area contributed by atoms with Crippen molar-refractivity contribution in [3.63, 3.8) is 0 Å². The second-order valence-corrected chi connectivity index (χ2v) is 5.32. The van der Waals surface area contributed by atoms with E-state index in [-0.39, 0.29) is 26.9 Å². The summed E-state index contributed by atoms with van der Waals surface area (Å²) in [5.41, 5.74) is 1.23. The van der Waals surface area contributed by atoms with Crippen molar-refractivity contribution in [3.05, 3.63) is 57.7 Å². The van der Waals surface area contributed by atoms with Gasteiger partial charge in [-0.25, -0.2) is 18.7 Å². The van der Waals surface area contributed by atoms with E-state index in [0.29, 0.717) is 5.56 Å². The van der Waals surface area contributed by atoms with Gasteiger partial charge < -0.3 is 0 Å². The highest BCUT2D eigenvalue weighted by Gasteiger charge is 2.15. The Hall–Kier alpha value is -1.78. The van der Waals surface area contributed by atoms with Crippen LogP contribution in [0, 0.1) is 18.6 Å². The Morgan fingerprint density at radius 2 is 1.76 bits per heavy atom. The molecule has 0 spiro atoms. The minimum absolute atomic E-state index is 0.0150. The first-order valence-corrected chi connectivity index (χ1v) is 6.81. The van der Waals surface area contributed by atoms with Gasteiger partial charge in [-0.1, -0.05) is 29.3 Å². The van der Waals surface area contributed by atoms with Gasteiger partial charge in [-0.15, -0.1) is 0 Å². The molecule has 1 aromatic heterocycles. The fraction of sp³-hybridized carbons (Fsp3) is 0.0667. The molecule has 0 aliphatic heterocycles. The van der Waals surface area contributed by atoms with E-state index in [9.17, 15) is 8.78 Å². The highest BCUT2D eigenvalue weighted by Crippen LogP contribution is 2.32. The highest BCUT2D eigenvalue weighted by molar-refractivity contribution is 6.41. The molecule has 0 radical (unpaired) electrons. The normalized spacial score (nSPS) is 11.1. The van der Waals surface area contributed by atoms with Gasteiger partial charge >= 0.3 is 0 Å². The maximum absolute atomic E-state index is 13.9. The summed E-state index contributed by atoms with van der Waals surface area (Å²) in [6.45, 7) is 1.78. The molecule has 0 unspecified atom stereocenters. The van der Waals surface area contributed by atoms with Gasteiger partial charge in [-0.2, -0.15) is 0 Å². The van der Waals surface area contributed by atoms with Gasteiger partial charge in [0.15, 0.2) is 5.82 Å². The van der Waals surface area contributed by atoms with Crippen LogP contribution in [-0.2, 0) is 0 Å². The number of fused-ring (bicyclic) bond motifs is 1. The predicted molar refractivity (Wildman–Crippen MR) is 79.6 cm³/mol. The van der Waals surface area contributed by atoms with Crippen LogP contribution < -0.4 is 0 Å². The zero-order valence-electron chi connectivity index (χ0n) is 10.8. The van der Waals surface area contributed by atoms with E-state index < -0.39 is 11.6 Å². The Balaban J connectivity index is 2.35. The first-order valence-electron chi connectivity index (χ1n) is 6.05. The summed E-state index contributed by atoms with van der Waals surface area (Å²) in [7, 11) is 0. The minimum atomic E-state index is -0.561. The second kappa shape index (κ2) is 5.20. The van der Waals surface area contributed by atoms with E-state index >= 15 is 0 Å². The van der Waals surface area contributed by atoms with Crippen LogP contribution in [0.4, 0.5) is 8.78 Å². The van der Waals surface area contributed by atoms with E-state index in [2.05, 4.69) is 9.97 Å². The van der Waals surface area contributed by atoms with Crippen molar-refractivity contribution in [1.29, 1.82) is 0 Å². The molecular formula is C15H8Cl2F2N2. The molecule has 0 saturated heterocycles. The smallest absolute Gasteiger partial charge is 0.161 e. The van der Waals surface area contributed by atoms with Gasteiger partial charge in [0, 0.05) is 5.56 Å². The number of benzene rings is 2. The maximum Gasteiger partial charge on any atom is 0.161 e. The average molecular weight is 325 g/mol. The summed E-state index contributed by atoms with van der Waals surface area (Å²) in [6, 6.07) is 6.81. The van der Waals surface area contributed by atoms with Gasteiger partial charge in [0.1, 0.15) is 22.3 Å². The number of aryl methyl sites for hydroxylation is 1. The zero-order chi connectivity index (χ0) is 15.1. The molecule has 0 amide bonds. The van der Waals surface area contributed by atoms with Gasteiger partial charge in [0.05, 0.1) is 10.4 Å². The summed E-state index contributed by atoms with van der Waals surface area (Å²) >= 11 is 12.1. The molecule has 0 N–H and O–H groups in total. The summed E-state index contributed by atoms with van der Waals surface area (Å²) < 4.78 is 27.3. The molecule has 0 saturated carbocycles. The number of nitrogens with zero attached hydrogens (tertiary/aromatic N) is 2. The molecular weight excluding hydrogens is 317 g/mol. The molecule has 0 aliphatic rings. The van der Waals surface area contributed by atoms with Gasteiger partial charge in [0.25, 0.3) is 0 Å². The highest BCUT2D eigenvalue weighted by atomic mass is 35.5. The van der Waals surface area contributed by atoms with Crippen molar-refractivity contribution in [3.8, 4) is 11.4 Å². The van der Waals surface area contributed by atoms with Crippen LogP contribution in [0.3, 0.4) is 0 Å². The third-order valence-corrected chi connectivity index (χ3v) is 3.73. The lowest BCUT2D eigenvalue weighted by atomic mass is 10.1. The summed E-state index contributed by atoms with van der Waals surface area (Å²) in [5.74, 6) is -0.832. The summed E-state index contributed by atoms with van der Waals surface area (Å²) in [4.78, 5) is 8.26. The Kier molecular flexibility index (Phi) is 3.51. The molecule has 3 rings (SSSR count). The van der Waals surface area contributed by atoms with Crippen molar-refractivity contribution in [2.45, 2.75) is 6.92 Å². The number of halogens is 4. The number of hydrogen-bond donors (Lipinski definition) is 0. The lowest BCUT2D eigenvalue weighted by Crippen LogP contribution is -1.97. The topological polar surface area (TPSA) is 25.8 Å². The quantitative estimate of drug-likeness (QED) is 0.575. The van der Waals surface area contributed by atoms with Crippen molar-refractivity contribution >= 4 is 34.1 Å². The molecule has 1 heterocycles. The van der Waals surface area contributed by atoms with Gasteiger partial charge in [-0.05, 0) is 36.8 Å². The van der Waals surface area contributed by atoms with Crippen LogP contribution in [-0.4, -0.2) is 9.97 Å². The van der Waals surface area contributed by atoms with Crippen LogP contribution in [0.15, 0.2) is 30.3 Å². The standard InChI is InChI=1S/C15H8Cl2F2N2/c1-7-2-3-8(18)6-9(7)15-20-13-11(19)5-4-10(16)12(13)14(17)21-15/h2-6H,1H3. The predicted octanol–water partition coefficient (Wildman–Crippen LogP) is 5.19. The first-order chi connectivity index (χ1) is 9.97. The largest absolute Gasteiger partial charge is 0.225 e. The molecule has 0 aliphatic carbocycles. The van der Waals surface area contributed by atoms with E-state index in [1.165, 1.54) is 24.3 Å². The Morgan fingerprint density at radius 1 is 1.00 bits per heavy atom. The van der Waals surface area contributed by atoms with Crippen molar-refractivity contribution in [2.24, 2.45) is 0 Å². The summed E-state index contributed by atoms with van der Waals surface area (Å²) in [5, 5.41) is 0.540. The lowest BCUT2D eigenvalue weighted by Gasteiger charge is -2.09. The molecule has 2 nitrogen and oxygen atoms in total. The first kappa shape index (κ1) is 14.2. The Labute approximate surface area is 129 Å². The van der Waals surface area contributed by atoms with Gasteiger partial charge in [-0.3, -0.25) is 0 Å². The SMILES string of the molecule is Cc1ccc(F)cc1-c1nc(Cl)c2c(Cl)ccc(F)c2n1. The molecule has 21 heavy (non-hydrogen) atoms. The van der Waals surface area contributed by atoms with E-state index in [0.717, 1.165) is 5.56 Å². The van der Waals surface area contributed by atoms with Crippen LogP contribution in [0.25, 0.3) is 22.3 Å². The molecule has 0 bridgehead atoms. The lowest BCUT2D eigenvalue weighted by molar-refractivity contribution is 0.627. The fourth-order valence-electron chi connectivity index (χ4n) is 2.08. The van der Waals surface area contributed by atoms with Crippen molar-refractivity contribution in [2.75, 3.05) is 0 Å². The van der Waals surface area contributed by atoms with Crippen LogP contribution in [0.1, 0.15) is 5.56 Å². The van der Waals surface area contributed by atoms with Crippen molar-refractivity contribution in [1.82, 2.24) is 9.97 Å². The monoisotopic (exact) mass is 324 g/mol. The third kappa shape index (κ3) is 2.45. The fourth-order valence-corrected chi connectivity index (χ4v) is 2.64. The molecule has 106 valence electrons. The molecule has 2 aromatic carbocycles. The third-order valence-electron chi connectivity index (χ3n) is 3.15. The van der Waals surface area contributed by atoms with Crippen LogP contribution in [0.2, 0.25) is 10.2 Å². The van der Waals surface area contributed by atoms with E-state index in [1.807, 2.05) is 0 Å². The molecule has 3 aromatic rings. The van der Waals surface area contributed by atoms with E-state index in [1.54, 1.807) is 13.0 Å². The van der Waals surface area contributed by atoms with Crippen LogP contribution >= 0.6 is 23.2 Å². The molecule has 0 fully saturated rings. The van der Waals surface area contributed by atoms with Crippen molar-refractivity contribution < 1.29 is 8.78 Å². The summed E-state index contributed by atoms with van der Waals surface area (Å²) in [6.07, 6.45) is 0. The zero-order valence-corrected chi connectivity index (χ0v) is 12.3.